The van der Waals surface area contributed by atoms with Crippen molar-refractivity contribution >= 4 is 27.2 Å². The van der Waals surface area contributed by atoms with Crippen molar-refractivity contribution in [2.24, 2.45) is 5.73 Å². The molecule has 3 N–H and O–H groups in total. The van der Waals surface area contributed by atoms with Crippen LogP contribution in [0.1, 0.15) is 42.1 Å². The molecule has 1 saturated carbocycles. The molecule has 2 aliphatic rings. The number of halogens is 4. The summed E-state index contributed by atoms with van der Waals surface area (Å²) in [7, 11) is -5.46. The van der Waals surface area contributed by atoms with Crippen molar-refractivity contribution in [3.8, 4) is 0 Å². The third-order valence-corrected chi connectivity index (χ3v) is 7.65. The van der Waals surface area contributed by atoms with Gasteiger partial charge in [0, 0.05) is 31.0 Å². The van der Waals surface area contributed by atoms with Crippen LogP contribution in [0, 0.1) is 0 Å². The van der Waals surface area contributed by atoms with Gasteiger partial charge in [0.05, 0.1) is 10.9 Å². The number of amides is 1. The highest BCUT2D eigenvalue weighted by molar-refractivity contribution is 7.92. The Morgan fingerprint density at radius 2 is 1.64 bits per heavy atom. The van der Waals surface area contributed by atoms with Crippen LogP contribution in [-0.2, 0) is 9.84 Å². The first-order valence-corrected chi connectivity index (χ1v) is 11.9. The predicted octanol–water partition coefficient (Wildman–Crippen LogP) is 3.16. The summed E-state index contributed by atoms with van der Waals surface area (Å²) in [6.45, 7) is 0.945. The summed E-state index contributed by atoms with van der Waals surface area (Å²) in [6, 6.07) is 4.31. The van der Waals surface area contributed by atoms with Crippen molar-refractivity contribution in [1.82, 2.24) is 14.7 Å². The summed E-state index contributed by atoms with van der Waals surface area (Å²) in [5.74, 6) is -0.609. The lowest BCUT2D eigenvalue weighted by molar-refractivity contribution is -0.0436. The number of nitrogens with two attached hydrogens (primary N) is 1. The van der Waals surface area contributed by atoms with E-state index in [9.17, 15) is 30.8 Å². The van der Waals surface area contributed by atoms with Crippen molar-refractivity contribution < 1.29 is 30.8 Å². The van der Waals surface area contributed by atoms with Gasteiger partial charge < -0.3 is 11.1 Å². The van der Waals surface area contributed by atoms with Gasteiger partial charge in [0.15, 0.2) is 5.82 Å². The first-order valence-electron chi connectivity index (χ1n) is 10.4. The highest BCUT2D eigenvalue weighted by Gasteiger charge is 2.46. The molecule has 0 spiro atoms. The smallest absolute Gasteiger partial charge is 0.365 e. The van der Waals surface area contributed by atoms with Gasteiger partial charge in [-0.2, -0.15) is 18.3 Å². The van der Waals surface area contributed by atoms with E-state index in [4.69, 9.17) is 5.73 Å². The molecular formula is C20H23F4N5O3S. The first kappa shape index (κ1) is 23.5. The van der Waals surface area contributed by atoms with Crippen molar-refractivity contribution in [3.05, 3.63) is 36.0 Å². The lowest BCUT2D eigenvalue weighted by atomic mass is 9.88. The van der Waals surface area contributed by atoms with Crippen LogP contribution in [0.2, 0.25) is 0 Å². The zero-order valence-corrected chi connectivity index (χ0v) is 18.2. The fourth-order valence-electron chi connectivity index (χ4n) is 4.28. The van der Waals surface area contributed by atoms with Gasteiger partial charge in [-0.3, -0.25) is 14.4 Å². The molecule has 1 amide bonds. The molecule has 2 fully saturated rings. The highest BCUT2D eigenvalue weighted by atomic mass is 32.2. The van der Waals surface area contributed by atoms with E-state index in [0.717, 1.165) is 49.9 Å². The number of sulfone groups is 1. The molecule has 1 aliphatic carbocycles. The first-order chi connectivity index (χ1) is 15.5. The van der Waals surface area contributed by atoms with E-state index in [-0.39, 0.29) is 23.1 Å². The number of hydrogen-bond donors (Lipinski definition) is 2. The molecule has 1 saturated heterocycles. The molecule has 0 unspecified atom stereocenters. The lowest BCUT2D eigenvalue weighted by Gasteiger charge is -2.43. The topological polar surface area (TPSA) is 110 Å². The second-order valence-electron chi connectivity index (χ2n) is 8.35. The number of carbonyl (C=O) groups is 1. The van der Waals surface area contributed by atoms with E-state index in [1.165, 1.54) is 6.20 Å². The quantitative estimate of drug-likeness (QED) is 0.604. The second-order valence-corrected chi connectivity index (χ2v) is 10.3. The average molecular weight is 489 g/mol. The van der Waals surface area contributed by atoms with Gasteiger partial charge in [-0.15, -0.1) is 0 Å². The summed E-state index contributed by atoms with van der Waals surface area (Å²) >= 11 is 0. The average Bonchev–Trinajstić information content (AvgIpc) is 3.15. The number of carbonyl (C=O) groups excluding carboxylic acids is 1. The van der Waals surface area contributed by atoms with Crippen molar-refractivity contribution in [2.75, 3.05) is 18.4 Å². The fourth-order valence-corrected chi connectivity index (χ4v) is 5.04. The Morgan fingerprint density at radius 3 is 2.15 bits per heavy atom. The zero-order valence-electron chi connectivity index (χ0n) is 17.4. The van der Waals surface area contributed by atoms with Crippen LogP contribution < -0.4 is 11.1 Å². The molecule has 33 heavy (non-hydrogen) atoms. The Labute approximate surface area is 187 Å². The number of likely N-dealkylation sites (tertiary alicyclic amines) is 1. The Morgan fingerprint density at radius 1 is 1.06 bits per heavy atom. The third-order valence-electron chi connectivity index (χ3n) is 6.15. The molecule has 4 rings (SSSR count). The largest absolute Gasteiger partial charge is 0.501 e. The van der Waals surface area contributed by atoms with E-state index in [2.05, 4.69) is 15.3 Å². The summed E-state index contributed by atoms with van der Waals surface area (Å²) < 4.78 is 75.9. The van der Waals surface area contributed by atoms with E-state index >= 15 is 0 Å². The minimum Gasteiger partial charge on any atom is -0.365 e. The maximum atomic E-state index is 13.1. The molecule has 2 heterocycles. The summed E-state index contributed by atoms with van der Waals surface area (Å²) in [5, 5.41) is 7.23. The minimum absolute atomic E-state index is 0.0247. The van der Waals surface area contributed by atoms with Crippen LogP contribution in [0.25, 0.3) is 0 Å². The normalized spacial score (nSPS) is 22.7. The number of nitrogens with one attached hydrogen (secondary N) is 1. The molecular weight excluding hydrogens is 466 g/mol. The number of anilines is 2. The standard InChI is InChI=1S/C20H23F4N5O3S/c21-12-9-28(10-12)14-3-5-15(6-4-14)29-11-17(18(25)30)19(27-29)26-13-1-7-16(8-2-13)33(31,32)20(22,23)24/h1-2,7-8,11-12,14-15H,3-6,9-10H2,(H2,25,30)(H,26,27). The van der Waals surface area contributed by atoms with Gasteiger partial charge in [-0.25, -0.2) is 12.8 Å². The number of rotatable bonds is 6. The molecule has 0 radical (unpaired) electrons. The molecule has 2 aromatic rings. The number of alkyl halides is 4. The van der Waals surface area contributed by atoms with Gasteiger partial charge >= 0.3 is 5.51 Å². The number of benzene rings is 1. The molecule has 180 valence electrons. The van der Waals surface area contributed by atoms with Crippen molar-refractivity contribution in [2.45, 2.75) is 54.3 Å². The molecule has 1 aromatic heterocycles. The summed E-state index contributed by atoms with van der Waals surface area (Å²) in [5.41, 5.74) is 0.407. The minimum atomic E-state index is -5.46. The van der Waals surface area contributed by atoms with Crippen molar-refractivity contribution in [3.63, 3.8) is 0 Å². The molecule has 1 aliphatic heterocycles. The Kier molecular flexibility index (Phi) is 6.12. The van der Waals surface area contributed by atoms with E-state index in [1.54, 1.807) is 4.68 Å². The maximum absolute atomic E-state index is 13.1. The molecule has 1 aromatic carbocycles. The van der Waals surface area contributed by atoms with Gasteiger partial charge in [0.25, 0.3) is 15.7 Å². The highest BCUT2D eigenvalue weighted by Crippen LogP contribution is 2.35. The Balaban J connectivity index is 1.47. The van der Waals surface area contributed by atoms with Crippen LogP contribution in [-0.4, -0.2) is 59.8 Å². The monoisotopic (exact) mass is 489 g/mol. The fraction of sp³-hybridized carbons (Fsp3) is 0.500. The lowest BCUT2D eigenvalue weighted by Crippen LogP contribution is -2.54. The molecule has 0 atom stereocenters. The van der Waals surface area contributed by atoms with Gasteiger partial charge in [-0.1, -0.05) is 0 Å². The summed E-state index contributed by atoms with van der Waals surface area (Å²) in [6.07, 6.45) is 4.12. The van der Waals surface area contributed by atoms with E-state index < -0.39 is 32.3 Å². The Bertz CT molecular complexity index is 1120. The summed E-state index contributed by atoms with van der Waals surface area (Å²) in [4.78, 5) is 13.1. The number of aromatic nitrogens is 2. The van der Waals surface area contributed by atoms with Crippen LogP contribution in [0.5, 0.6) is 0 Å². The van der Waals surface area contributed by atoms with E-state index in [0.29, 0.717) is 19.1 Å². The zero-order chi connectivity index (χ0) is 24.0. The maximum Gasteiger partial charge on any atom is 0.501 e. The molecule has 8 nitrogen and oxygen atoms in total. The van der Waals surface area contributed by atoms with Crippen LogP contribution in [0.3, 0.4) is 0 Å². The van der Waals surface area contributed by atoms with Gasteiger partial charge in [0.2, 0.25) is 0 Å². The van der Waals surface area contributed by atoms with Crippen LogP contribution >= 0.6 is 0 Å². The number of hydrogen-bond acceptors (Lipinski definition) is 6. The number of nitrogens with zero attached hydrogens (tertiary/aromatic N) is 3. The SMILES string of the molecule is NC(=O)c1cn(C2CCC(N3CC(F)C3)CC2)nc1Nc1ccc(S(=O)(=O)C(F)(F)F)cc1. The van der Waals surface area contributed by atoms with Gasteiger partial charge in [-0.05, 0) is 49.9 Å². The van der Waals surface area contributed by atoms with Gasteiger partial charge in [0.1, 0.15) is 11.7 Å². The predicted molar refractivity (Wildman–Crippen MR) is 111 cm³/mol. The molecule has 13 heteroatoms. The van der Waals surface area contributed by atoms with Crippen molar-refractivity contribution in [1.29, 1.82) is 0 Å². The van der Waals surface area contributed by atoms with E-state index in [1.807, 2.05) is 0 Å². The third kappa shape index (κ3) is 4.69. The van der Waals surface area contributed by atoms with Crippen LogP contribution in [0.15, 0.2) is 35.4 Å². The second kappa shape index (κ2) is 8.60. The Hall–Kier alpha value is -2.67. The van der Waals surface area contributed by atoms with Crippen LogP contribution in [0.4, 0.5) is 29.1 Å². The molecule has 0 bridgehead atoms. The number of primary amides is 1.